The highest BCUT2D eigenvalue weighted by atomic mass is 15.1. The Bertz CT molecular complexity index is 1010. The lowest BCUT2D eigenvalue weighted by atomic mass is 9.84. The fraction of sp³-hybridized carbons (Fsp3) is 0.269. The number of rotatable bonds is 3. The summed E-state index contributed by atoms with van der Waals surface area (Å²) in [6, 6.07) is 23.5. The molecule has 1 fully saturated rings. The van der Waals surface area contributed by atoms with E-state index >= 15 is 0 Å². The molecule has 0 spiro atoms. The first-order chi connectivity index (χ1) is 13.7. The van der Waals surface area contributed by atoms with Crippen molar-refractivity contribution in [2.24, 2.45) is 0 Å². The molecule has 0 amide bonds. The van der Waals surface area contributed by atoms with E-state index in [1.165, 1.54) is 41.5 Å². The number of nitriles is 1. The molecule has 0 unspecified atom stereocenters. The van der Waals surface area contributed by atoms with Gasteiger partial charge < -0.3 is 4.90 Å². The maximum Gasteiger partial charge on any atom is 0.102 e. The van der Waals surface area contributed by atoms with E-state index in [-0.39, 0.29) is 0 Å². The second kappa shape index (κ2) is 7.90. The minimum atomic E-state index is 0.822. The summed E-state index contributed by atoms with van der Waals surface area (Å²) in [6.07, 6.45) is 3.67. The third-order valence-corrected chi connectivity index (χ3v) is 5.88. The van der Waals surface area contributed by atoms with Gasteiger partial charge in [0.25, 0.3) is 0 Å². The molecule has 2 heteroatoms. The summed E-state index contributed by atoms with van der Waals surface area (Å²) in [7, 11) is 0. The molecule has 0 N–H and O–H groups in total. The van der Waals surface area contributed by atoms with E-state index in [9.17, 15) is 5.26 Å². The Morgan fingerprint density at radius 2 is 1.25 bits per heavy atom. The Labute approximate surface area is 168 Å². The lowest BCUT2D eigenvalue weighted by Gasteiger charge is -2.33. The SMILES string of the molecule is Cc1c(-c2ccccc2)c(C)c(N2CCCCC2)c(C#N)c1-c1ccccc1. The second-order valence-electron chi connectivity index (χ2n) is 7.62. The van der Waals surface area contributed by atoms with Crippen LogP contribution in [0.5, 0.6) is 0 Å². The van der Waals surface area contributed by atoms with Crippen molar-refractivity contribution in [2.45, 2.75) is 33.1 Å². The maximum absolute atomic E-state index is 10.2. The molecule has 0 saturated carbocycles. The molecule has 140 valence electrons. The first-order valence-corrected chi connectivity index (χ1v) is 10.2. The van der Waals surface area contributed by atoms with Gasteiger partial charge in [-0.15, -0.1) is 0 Å². The normalized spacial score (nSPS) is 14.0. The van der Waals surface area contributed by atoms with Crippen LogP contribution in [0.25, 0.3) is 22.3 Å². The molecule has 2 nitrogen and oxygen atoms in total. The Balaban J connectivity index is 2.07. The number of hydrogen-bond donors (Lipinski definition) is 0. The molecule has 0 atom stereocenters. The Kier molecular flexibility index (Phi) is 5.17. The van der Waals surface area contributed by atoms with Gasteiger partial charge in [0.2, 0.25) is 0 Å². The van der Waals surface area contributed by atoms with E-state index in [1.54, 1.807) is 0 Å². The van der Waals surface area contributed by atoms with Crippen molar-refractivity contribution in [3.8, 4) is 28.3 Å². The highest BCUT2D eigenvalue weighted by Crippen LogP contribution is 2.44. The molecule has 1 aliphatic rings. The fourth-order valence-electron chi connectivity index (χ4n) is 4.64. The predicted molar refractivity (Wildman–Crippen MR) is 118 cm³/mol. The van der Waals surface area contributed by atoms with Gasteiger partial charge in [-0.3, -0.25) is 0 Å². The number of nitrogens with zero attached hydrogens (tertiary/aromatic N) is 2. The van der Waals surface area contributed by atoms with Gasteiger partial charge in [-0.05, 0) is 60.9 Å². The van der Waals surface area contributed by atoms with Crippen LogP contribution in [-0.2, 0) is 0 Å². The van der Waals surface area contributed by atoms with Crippen LogP contribution in [-0.4, -0.2) is 13.1 Å². The summed E-state index contributed by atoms with van der Waals surface area (Å²) in [5.74, 6) is 0. The maximum atomic E-state index is 10.2. The largest absolute Gasteiger partial charge is 0.370 e. The van der Waals surface area contributed by atoms with E-state index in [2.05, 4.69) is 79.4 Å². The van der Waals surface area contributed by atoms with Crippen LogP contribution in [0.15, 0.2) is 60.7 Å². The van der Waals surface area contributed by atoms with Crippen molar-refractivity contribution in [1.29, 1.82) is 5.26 Å². The van der Waals surface area contributed by atoms with Gasteiger partial charge in [-0.25, -0.2) is 0 Å². The van der Waals surface area contributed by atoms with Crippen LogP contribution in [0.1, 0.15) is 36.0 Å². The average Bonchev–Trinajstić information content (AvgIpc) is 2.75. The molecule has 28 heavy (non-hydrogen) atoms. The van der Waals surface area contributed by atoms with Crippen molar-refractivity contribution < 1.29 is 0 Å². The van der Waals surface area contributed by atoms with Crippen LogP contribution >= 0.6 is 0 Å². The molecule has 0 aliphatic carbocycles. The third kappa shape index (κ3) is 3.18. The topological polar surface area (TPSA) is 27.0 Å². The van der Waals surface area contributed by atoms with Crippen molar-refractivity contribution >= 4 is 5.69 Å². The second-order valence-corrected chi connectivity index (χ2v) is 7.62. The first kappa shape index (κ1) is 18.3. The molecule has 1 saturated heterocycles. The van der Waals surface area contributed by atoms with E-state index in [1.807, 2.05) is 6.07 Å². The molecule has 0 aromatic heterocycles. The van der Waals surface area contributed by atoms with E-state index in [0.29, 0.717) is 0 Å². The van der Waals surface area contributed by atoms with Crippen molar-refractivity contribution in [2.75, 3.05) is 18.0 Å². The highest BCUT2D eigenvalue weighted by Gasteiger charge is 2.25. The third-order valence-electron chi connectivity index (χ3n) is 5.88. The quantitative estimate of drug-likeness (QED) is 0.529. The van der Waals surface area contributed by atoms with E-state index in [4.69, 9.17) is 0 Å². The van der Waals surface area contributed by atoms with Gasteiger partial charge in [0.15, 0.2) is 0 Å². The molecule has 0 radical (unpaired) electrons. The molecule has 4 rings (SSSR count). The fourth-order valence-corrected chi connectivity index (χ4v) is 4.64. The molecular formula is C26H26N2. The van der Waals surface area contributed by atoms with Gasteiger partial charge in [-0.2, -0.15) is 5.26 Å². The Morgan fingerprint density at radius 3 is 1.79 bits per heavy atom. The lowest BCUT2D eigenvalue weighted by Crippen LogP contribution is -2.31. The number of benzene rings is 3. The van der Waals surface area contributed by atoms with Crippen LogP contribution in [0, 0.1) is 25.2 Å². The van der Waals surface area contributed by atoms with Crippen molar-refractivity contribution in [3.63, 3.8) is 0 Å². The smallest absolute Gasteiger partial charge is 0.102 e. The van der Waals surface area contributed by atoms with Gasteiger partial charge in [0, 0.05) is 18.7 Å². The zero-order valence-corrected chi connectivity index (χ0v) is 16.7. The van der Waals surface area contributed by atoms with Crippen LogP contribution < -0.4 is 4.90 Å². The zero-order valence-electron chi connectivity index (χ0n) is 16.7. The Morgan fingerprint density at radius 1 is 0.714 bits per heavy atom. The average molecular weight is 367 g/mol. The summed E-state index contributed by atoms with van der Waals surface area (Å²) >= 11 is 0. The van der Waals surface area contributed by atoms with Gasteiger partial charge in [0.05, 0.1) is 11.3 Å². The highest BCUT2D eigenvalue weighted by molar-refractivity contribution is 5.91. The van der Waals surface area contributed by atoms with Crippen molar-refractivity contribution in [1.82, 2.24) is 0 Å². The summed E-state index contributed by atoms with van der Waals surface area (Å²) in [6.45, 7) is 6.41. The molecular weight excluding hydrogens is 340 g/mol. The molecule has 1 heterocycles. The molecule has 0 bridgehead atoms. The number of piperidine rings is 1. The molecule has 1 aliphatic heterocycles. The van der Waals surface area contributed by atoms with E-state index in [0.717, 1.165) is 35.5 Å². The Hall–Kier alpha value is -3.05. The minimum absolute atomic E-state index is 0.822. The zero-order chi connectivity index (χ0) is 19.5. The summed E-state index contributed by atoms with van der Waals surface area (Å²) in [5, 5.41) is 10.2. The predicted octanol–water partition coefficient (Wildman–Crippen LogP) is 6.50. The van der Waals surface area contributed by atoms with Crippen LogP contribution in [0.4, 0.5) is 5.69 Å². The van der Waals surface area contributed by atoms with Gasteiger partial charge in [-0.1, -0.05) is 60.7 Å². The van der Waals surface area contributed by atoms with Crippen molar-refractivity contribution in [3.05, 3.63) is 77.4 Å². The summed E-state index contributed by atoms with van der Waals surface area (Å²) < 4.78 is 0. The monoisotopic (exact) mass is 366 g/mol. The summed E-state index contributed by atoms with van der Waals surface area (Å²) in [4.78, 5) is 2.44. The number of hydrogen-bond acceptors (Lipinski definition) is 2. The molecule has 3 aromatic carbocycles. The molecule has 3 aromatic rings. The van der Waals surface area contributed by atoms with Crippen LogP contribution in [0.2, 0.25) is 0 Å². The van der Waals surface area contributed by atoms with Crippen LogP contribution in [0.3, 0.4) is 0 Å². The van der Waals surface area contributed by atoms with Gasteiger partial charge in [0.1, 0.15) is 6.07 Å². The lowest BCUT2D eigenvalue weighted by molar-refractivity contribution is 0.577. The van der Waals surface area contributed by atoms with E-state index < -0.39 is 0 Å². The minimum Gasteiger partial charge on any atom is -0.370 e. The first-order valence-electron chi connectivity index (χ1n) is 10.2. The van der Waals surface area contributed by atoms with Gasteiger partial charge >= 0.3 is 0 Å². The standard InChI is InChI=1S/C26H26N2/c1-19-24(21-12-6-3-7-13-21)20(2)26(28-16-10-5-11-17-28)23(18-27)25(19)22-14-8-4-9-15-22/h3-4,6-9,12-15H,5,10-11,16-17H2,1-2H3. The number of anilines is 1. The summed E-state index contributed by atoms with van der Waals surface area (Å²) in [5.41, 5.74) is 9.04.